The van der Waals surface area contributed by atoms with E-state index in [1.165, 1.54) is 57.1 Å². The highest BCUT2D eigenvalue weighted by atomic mass is 19.1. The number of rotatable bonds is 5. The van der Waals surface area contributed by atoms with E-state index in [1.807, 2.05) is 34.7 Å². The van der Waals surface area contributed by atoms with E-state index in [2.05, 4.69) is 20.5 Å². The number of imidazole rings is 1. The normalized spacial score (nSPS) is 16.8. The summed E-state index contributed by atoms with van der Waals surface area (Å²) in [6.07, 6.45) is 13.4. The third-order valence-electron chi connectivity index (χ3n) is 7.62. The largest absolute Gasteiger partial charge is 0.348 e. The lowest BCUT2D eigenvalue weighted by Crippen LogP contribution is -2.19. The molecule has 2 fully saturated rings. The molecule has 8 heteroatoms. The van der Waals surface area contributed by atoms with Crippen LogP contribution in [0.3, 0.4) is 0 Å². The van der Waals surface area contributed by atoms with Crippen LogP contribution < -0.4 is 10.6 Å². The molecule has 7 nitrogen and oxygen atoms in total. The molecule has 7 rings (SSSR count). The Balaban J connectivity index is 0.000000476. The number of benzene rings is 1. The van der Waals surface area contributed by atoms with E-state index in [0.29, 0.717) is 23.6 Å². The van der Waals surface area contributed by atoms with Crippen molar-refractivity contribution in [2.75, 3.05) is 18.4 Å². The fourth-order valence-electron chi connectivity index (χ4n) is 5.68. The van der Waals surface area contributed by atoms with E-state index in [4.69, 9.17) is 4.98 Å². The monoisotopic (exact) mass is 512 g/mol. The van der Waals surface area contributed by atoms with Gasteiger partial charge in [0.05, 0.1) is 28.8 Å². The van der Waals surface area contributed by atoms with E-state index >= 15 is 0 Å². The van der Waals surface area contributed by atoms with Gasteiger partial charge < -0.3 is 10.6 Å². The molecule has 0 unspecified atom stereocenters. The van der Waals surface area contributed by atoms with Crippen LogP contribution in [0.15, 0.2) is 54.9 Å². The number of anilines is 2. The van der Waals surface area contributed by atoms with Crippen LogP contribution in [0.2, 0.25) is 0 Å². The fourth-order valence-corrected chi connectivity index (χ4v) is 5.68. The first kappa shape index (κ1) is 24.6. The topological polar surface area (TPSA) is 74.6 Å². The lowest BCUT2D eigenvalue weighted by atomic mass is 9.99. The number of nitrogens with one attached hydrogen (secondary N) is 2. The molecule has 0 bridgehead atoms. The molecule has 5 heterocycles. The van der Waals surface area contributed by atoms with Crippen LogP contribution in [0.25, 0.3) is 16.9 Å². The summed E-state index contributed by atoms with van der Waals surface area (Å²) in [5.41, 5.74) is 5.46. The number of fused-ring (bicyclic) bond motifs is 2. The van der Waals surface area contributed by atoms with Crippen molar-refractivity contribution in [2.24, 2.45) is 0 Å². The maximum Gasteiger partial charge on any atom is 0.254 e. The van der Waals surface area contributed by atoms with Gasteiger partial charge in [-0.25, -0.2) is 14.4 Å². The molecule has 4 aromatic rings. The molecule has 1 saturated carbocycles. The Morgan fingerprint density at radius 3 is 2.55 bits per heavy atom. The summed E-state index contributed by atoms with van der Waals surface area (Å²) in [5.74, 6) is 0.259. The number of nitrogens with zero attached hydrogens (tertiary/aromatic N) is 4. The Kier molecular flexibility index (Phi) is 7.05. The number of amides is 1. The van der Waals surface area contributed by atoms with Crippen molar-refractivity contribution in [1.82, 2.24) is 24.6 Å². The minimum atomic E-state index is -0.333. The zero-order valence-electron chi connectivity index (χ0n) is 21.5. The van der Waals surface area contributed by atoms with Crippen LogP contribution in [-0.4, -0.2) is 38.3 Å². The Bertz CT molecular complexity index is 1450. The quantitative estimate of drug-likeness (QED) is 0.340. The van der Waals surface area contributed by atoms with Gasteiger partial charge in [-0.1, -0.05) is 44.2 Å². The van der Waals surface area contributed by atoms with Gasteiger partial charge in [-0.15, -0.1) is 0 Å². The van der Waals surface area contributed by atoms with Gasteiger partial charge in [-0.05, 0) is 55.8 Å². The zero-order chi connectivity index (χ0) is 25.9. The summed E-state index contributed by atoms with van der Waals surface area (Å²) in [6, 6.07) is 12.6. The van der Waals surface area contributed by atoms with E-state index in [-0.39, 0.29) is 11.7 Å². The summed E-state index contributed by atoms with van der Waals surface area (Å²) >= 11 is 0. The molecule has 2 N–H and O–H groups in total. The zero-order valence-corrected chi connectivity index (χ0v) is 21.5. The van der Waals surface area contributed by atoms with Crippen molar-refractivity contribution >= 4 is 23.1 Å². The number of hydrogen-bond donors (Lipinski definition) is 2. The van der Waals surface area contributed by atoms with Crippen LogP contribution in [0.5, 0.6) is 0 Å². The molecule has 1 amide bonds. The first-order valence-corrected chi connectivity index (χ1v) is 13.7. The molecule has 2 aliphatic heterocycles. The Labute approximate surface area is 222 Å². The lowest BCUT2D eigenvalue weighted by molar-refractivity contribution is 0.0966. The van der Waals surface area contributed by atoms with Gasteiger partial charge >= 0.3 is 0 Å². The highest BCUT2D eigenvalue weighted by Crippen LogP contribution is 2.35. The van der Waals surface area contributed by atoms with Gasteiger partial charge in [0.15, 0.2) is 0 Å². The van der Waals surface area contributed by atoms with Crippen LogP contribution in [0, 0.1) is 5.82 Å². The first-order chi connectivity index (χ1) is 18.7. The Hall–Kier alpha value is -3.78. The van der Waals surface area contributed by atoms with Gasteiger partial charge in [0.25, 0.3) is 5.91 Å². The van der Waals surface area contributed by atoms with E-state index in [9.17, 15) is 9.18 Å². The van der Waals surface area contributed by atoms with Crippen LogP contribution >= 0.6 is 0 Å². The minimum Gasteiger partial charge on any atom is -0.348 e. The standard InChI is InChI=1S/C25H23FN6O.C5H10/c26-16-8-11-32-21(14-27-23(32)12-16)18-6-7-20(24-19(18)13-28-25(24)33)30-22-5-3-4-17(29-22)15-31-9-1-2-10-31;1-2-4-5-3-1/h3-8,11-12,14H,1-2,9-10,13,15H2,(H,28,33)(H,29,30);1-5H2. The molecule has 1 saturated heterocycles. The smallest absolute Gasteiger partial charge is 0.254 e. The average molecular weight is 513 g/mol. The number of carbonyl (C=O) groups is 1. The minimum absolute atomic E-state index is 0.123. The molecule has 0 atom stereocenters. The maximum atomic E-state index is 13.6. The summed E-state index contributed by atoms with van der Waals surface area (Å²) in [6.45, 7) is 3.49. The predicted molar refractivity (Wildman–Crippen MR) is 147 cm³/mol. The van der Waals surface area contributed by atoms with Crippen LogP contribution in [-0.2, 0) is 13.1 Å². The second-order valence-electron chi connectivity index (χ2n) is 10.3. The number of halogens is 1. The van der Waals surface area contributed by atoms with Gasteiger partial charge in [0.2, 0.25) is 0 Å². The average Bonchev–Trinajstić information content (AvgIpc) is 3.74. The van der Waals surface area contributed by atoms with E-state index in [1.54, 1.807) is 12.4 Å². The number of pyridine rings is 2. The highest BCUT2D eigenvalue weighted by Gasteiger charge is 2.27. The Morgan fingerprint density at radius 2 is 1.76 bits per heavy atom. The molecular formula is C30H33FN6O. The lowest BCUT2D eigenvalue weighted by Gasteiger charge is -2.16. The molecule has 0 radical (unpaired) electrons. The first-order valence-electron chi connectivity index (χ1n) is 13.7. The molecule has 196 valence electrons. The number of likely N-dealkylation sites (tertiary alicyclic amines) is 1. The second kappa shape index (κ2) is 10.9. The van der Waals surface area contributed by atoms with E-state index < -0.39 is 0 Å². The highest BCUT2D eigenvalue weighted by molar-refractivity contribution is 6.06. The SMILES string of the molecule is C1CCCC1.O=C1NCc2c(-c3cnc4cc(F)ccn34)ccc(Nc3cccc(CN4CCCC4)n3)c21. The van der Waals surface area contributed by atoms with Gasteiger partial charge in [0, 0.05) is 30.9 Å². The Morgan fingerprint density at radius 1 is 0.974 bits per heavy atom. The molecule has 1 aliphatic carbocycles. The molecule has 0 spiro atoms. The van der Waals surface area contributed by atoms with Gasteiger partial charge in [0.1, 0.15) is 17.3 Å². The van der Waals surface area contributed by atoms with Crippen molar-refractivity contribution in [3.05, 3.63) is 77.5 Å². The molecule has 38 heavy (non-hydrogen) atoms. The van der Waals surface area contributed by atoms with Crippen LogP contribution in [0.4, 0.5) is 15.9 Å². The van der Waals surface area contributed by atoms with Gasteiger partial charge in [-0.3, -0.25) is 14.1 Å². The number of aromatic nitrogens is 3. The summed E-state index contributed by atoms with van der Waals surface area (Å²) < 4.78 is 15.4. The van der Waals surface area contributed by atoms with Crippen molar-refractivity contribution in [3.63, 3.8) is 0 Å². The van der Waals surface area contributed by atoms with Crippen molar-refractivity contribution < 1.29 is 9.18 Å². The summed E-state index contributed by atoms with van der Waals surface area (Å²) in [7, 11) is 0. The fraction of sp³-hybridized carbons (Fsp3) is 0.367. The van der Waals surface area contributed by atoms with E-state index in [0.717, 1.165) is 47.8 Å². The van der Waals surface area contributed by atoms with Gasteiger partial charge in [-0.2, -0.15) is 0 Å². The molecule has 3 aliphatic rings. The van der Waals surface area contributed by atoms with Crippen molar-refractivity contribution in [2.45, 2.75) is 58.0 Å². The third kappa shape index (κ3) is 5.13. The van der Waals surface area contributed by atoms with Crippen LogP contribution in [0.1, 0.15) is 66.6 Å². The van der Waals surface area contributed by atoms with Crippen molar-refractivity contribution in [3.8, 4) is 11.3 Å². The molecule has 1 aromatic carbocycles. The molecular weight excluding hydrogens is 479 g/mol. The number of hydrogen-bond acceptors (Lipinski definition) is 5. The van der Waals surface area contributed by atoms with Crippen molar-refractivity contribution in [1.29, 1.82) is 0 Å². The summed E-state index contributed by atoms with van der Waals surface area (Å²) in [4.78, 5) is 24.3. The second-order valence-corrected chi connectivity index (χ2v) is 10.3. The predicted octanol–water partition coefficient (Wildman–Crippen LogP) is 6.07. The maximum absolute atomic E-state index is 13.6. The summed E-state index contributed by atoms with van der Waals surface area (Å²) in [5, 5.41) is 6.29. The third-order valence-corrected chi connectivity index (χ3v) is 7.62. The molecule has 3 aromatic heterocycles. The number of carbonyl (C=O) groups excluding carboxylic acids is 1.